The largest absolute Gasteiger partial charge is 0.476 e. The van der Waals surface area contributed by atoms with Gasteiger partial charge in [0.05, 0.1) is 30.5 Å². The van der Waals surface area contributed by atoms with E-state index in [9.17, 15) is 9.59 Å². The number of carboxylic acids is 1. The Morgan fingerprint density at radius 3 is 2.67 bits per heavy atom. The number of carboxylic acid groups (broad SMARTS) is 1. The van der Waals surface area contributed by atoms with Crippen molar-refractivity contribution in [3.8, 4) is 0 Å². The zero-order valence-electron chi connectivity index (χ0n) is 17.3. The summed E-state index contributed by atoms with van der Waals surface area (Å²) in [6.45, 7) is 6.24. The van der Waals surface area contributed by atoms with Gasteiger partial charge in [0.2, 0.25) is 0 Å². The number of pyridine rings is 1. The highest BCUT2D eigenvalue weighted by molar-refractivity contribution is 5.84. The molecule has 3 heterocycles. The molecule has 9 nitrogen and oxygen atoms in total. The number of esters is 1. The first kappa shape index (κ1) is 20.1. The first-order valence-electron chi connectivity index (χ1n) is 10.1. The molecular weight excluding hydrogens is 386 g/mol. The molecule has 0 spiro atoms. The molecule has 3 aromatic heterocycles. The number of imidazole rings is 1. The van der Waals surface area contributed by atoms with E-state index < -0.39 is 11.4 Å². The number of carbonyl (C=O) groups excluding carboxylic acids is 1. The van der Waals surface area contributed by atoms with Gasteiger partial charge in [-0.05, 0) is 57.1 Å². The van der Waals surface area contributed by atoms with Crippen LogP contribution in [0.5, 0.6) is 0 Å². The molecule has 0 atom stereocenters. The van der Waals surface area contributed by atoms with Gasteiger partial charge < -0.3 is 14.2 Å². The highest BCUT2D eigenvalue weighted by Crippen LogP contribution is 2.41. The Morgan fingerprint density at radius 1 is 1.27 bits per heavy atom. The van der Waals surface area contributed by atoms with Crippen LogP contribution in [0.1, 0.15) is 66.8 Å². The fraction of sp³-hybridized carbons (Fsp3) is 0.476. The van der Waals surface area contributed by atoms with Gasteiger partial charge in [0, 0.05) is 12.4 Å². The quantitative estimate of drug-likeness (QED) is 0.567. The summed E-state index contributed by atoms with van der Waals surface area (Å²) in [5.74, 6) is -0.789. The van der Waals surface area contributed by atoms with E-state index in [1.807, 2.05) is 24.4 Å². The molecule has 0 saturated heterocycles. The van der Waals surface area contributed by atoms with Gasteiger partial charge in [-0.1, -0.05) is 11.3 Å². The summed E-state index contributed by atoms with van der Waals surface area (Å²) in [4.78, 5) is 28.2. The Bertz CT molecular complexity index is 1110. The maximum atomic E-state index is 12.4. The van der Waals surface area contributed by atoms with Crippen molar-refractivity contribution in [3.05, 3.63) is 47.2 Å². The Balaban J connectivity index is 1.68. The van der Waals surface area contributed by atoms with E-state index in [0.717, 1.165) is 16.9 Å². The summed E-state index contributed by atoms with van der Waals surface area (Å²) in [6.07, 6.45) is 8.25. The van der Waals surface area contributed by atoms with E-state index in [-0.39, 0.29) is 11.7 Å². The van der Waals surface area contributed by atoms with Crippen molar-refractivity contribution >= 4 is 17.6 Å². The van der Waals surface area contributed by atoms with E-state index in [2.05, 4.69) is 22.6 Å². The van der Waals surface area contributed by atoms with Crippen LogP contribution < -0.4 is 0 Å². The predicted octanol–water partition coefficient (Wildman–Crippen LogP) is 2.68. The molecule has 1 saturated carbocycles. The fourth-order valence-corrected chi connectivity index (χ4v) is 3.60. The molecule has 158 valence electrons. The zero-order chi connectivity index (χ0) is 21.5. The first-order chi connectivity index (χ1) is 14.3. The Kier molecular flexibility index (Phi) is 5.05. The van der Waals surface area contributed by atoms with Crippen molar-refractivity contribution in [1.82, 2.24) is 24.4 Å². The molecule has 1 aliphatic carbocycles. The third kappa shape index (κ3) is 4.05. The number of aromatic carboxylic acids is 1. The molecule has 30 heavy (non-hydrogen) atoms. The highest BCUT2D eigenvalue weighted by Gasteiger charge is 2.32. The highest BCUT2D eigenvalue weighted by atomic mass is 16.5. The SMILES string of the molecule is CCOC(=O)C(C)(C)Cc1cc(C2CC2)cn2cc(Cn3cc(C(=O)O)nn3)nc12. The van der Waals surface area contributed by atoms with Crippen molar-refractivity contribution in [3.63, 3.8) is 0 Å². The lowest BCUT2D eigenvalue weighted by Gasteiger charge is -2.23. The van der Waals surface area contributed by atoms with Crippen LogP contribution in [0.15, 0.2) is 24.7 Å². The lowest BCUT2D eigenvalue weighted by molar-refractivity contribution is -0.153. The summed E-state index contributed by atoms with van der Waals surface area (Å²) in [5.41, 5.74) is 2.98. The number of fused-ring (bicyclic) bond motifs is 1. The van der Waals surface area contributed by atoms with Crippen LogP contribution in [-0.4, -0.2) is 48.0 Å². The van der Waals surface area contributed by atoms with E-state index in [0.29, 0.717) is 25.5 Å². The number of carbonyl (C=O) groups is 2. The summed E-state index contributed by atoms with van der Waals surface area (Å²) >= 11 is 0. The molecule has 1 N–H and O–H groups in total. The van der Waals surface area contributed by atoms with E-state index >= 15 is 0 Å². The van der Waals surface area contributed by atoms with Gasteiger partial charge in [0.15, 0.2) is 5.69 Å². The van der Waals surface area contributed by atoms with Gasteiger partial charge in [0.1, 0.15) is 5.65 Å². The van der Waals surface area contributed by atoms with Crippen LogP contribution in [0.4, 0.5) is 0 Å². The molecule has 1 aliphatic rings. The lowest BCUT2D eigenvalue weighted by atomic mass is 9.85. The second kappa shape index (κ2) is 7.55. The molecule has 4 rings (SSSR count). The minimum Gasteiger partial charge on any atom is -0.476 e. The van der Waals surface area contributed by atoms with Gasteiger partial charge in [-0.2, -0.15) is 0 Å². The topological polar surface area (TPSA) is 112 Å². The van der Waals surface area contributed by atoms with Crippen LogP contribution >= 0.6 is 0 Å². The Morgan fingerprint density at radius 2 is 2.03 bits per heavy atom. The zero-order valence-corrected chi connectivity index (χ0v) is 17.3. The normalized spacial score (nSPS) is 14.2. The summed E-state index contributed by atoms with van der Waals surface area (Å²) < 4.78 is 8.70. The number of ether oxygens (including phenoxy) is 1. The molecule has 0 aliphatic heterocycles. The van der Waals surface area contributed by atoms with Crippen LogP contribution in [0.3, 0.4) is 0 Å². The summed E-state index contributed by atoms with van der Waals surface area (Å²) in [5, 5.41) is 16.5. The number of aromatic nitrogens is 5. The van der Waals surface area contributed by atoms with Crippen molar-refractivity contribution in [2.24, 2.45) is 5.41 Å². The lowest BCUT2D eigenvalue weighted by Crippen LogP contribution is -2.29. The third-order valence-corrected chi connectivity index (χ3v) is 5.29. The smallest absolute Gasteiger partial charge is 0.358 e. The van der Waals surface area contributed by atoms with Crippen molar-refractivity contribution in [2.75, 3.05) is 6.61 Å². The Labute approximate surface area is 173 Å². The third-order valence-electron chi connectivity index (χ3n) is 5.29. The van der Waals surface area contributed by atoms with E-state index in [1.54, 1.807) is 6.92 Å². The summed E-state index contributed by atoms with van der Waals surface area (Å²) in [6, 6.07) is 2.16. The average molecular weight is 411 g/mol. The van der Waals surface area contributed by atoms with Crippen LogP contribution in [-0.2, 0) is 22.5 Å². The standard InChI is InChI=1S/C21H25N5O4/c1-4-30-20(29)21(2,3)8-14-7-15(13-5-6-13)9-25-10-16(22-18(14)25)11-26-12-17(19(27)28)23-24-26/h7,9-10,12-13H,4-6,8,11H2,1-3H3,(H,27,28). The predicted molar refractivity (Wildman–Crippen MR) is 107 cm³/mol. The minimum atomic E-state index is -1.12. The van der Waals surface area contributed by atoms with E-state index in [4.69, 9.17) is 14.8 Å². The molecule has 3 aromatic rings. The maximum absolute atomic E-state index is 12.4. The fourth-order valence-electron chi connectivity index (χ4n) is 3.60. The Hall–Kier alpha value is -3.23. The molecule has 0 bridgehead atoms. The molecule has 0 radical (unpaired) electrons. The molecule has 0 aromatic carbocycles. The van der Waals surface area contributed by atoms with Crippen molar-refractivity contribution in [2.45, 2.75) is 52.5 Å². The van der Waals surface area contributed by atoms with Crippen LogP contribution in [0.2, 0.25) is 0 Å². The van der Waals surface area contributed by atoms with Gasteiger partial charge in [-0.25, -0.2) is 14.5 Å². The monoisotopic (exact) mass is 411 g/mol. The van der Waals surface area contributed by atoms with Crippen LogP contribution in [0.25, 0.3) is 5.65 Å². The van der Waals surface area contributed by atoms with Gasteiger partial charge in [-0.15, -0.1) is 5.10 Å². The minimum absolute atomic E-state index is 0.105. The second-order valence-corrected chi connectivity index (χ2v) is 8.42. The maximum Gasteiger partial charge on any atom is 0.358 e. The number of nitrogens with zero attached hydrogens (tertiary/aromatic N) is 5. The molecular formula is C21H25N5O4. The second-order valence-electron chi connectivity index (χ2n) is 8.42. The average Bonchev–Trinajstić information content (AvgIpc) is 3.28. The van der Waals surface area contributed by atoms with Crippen molar-refractivity contribution in [1.29, 1.82) is 0 Å². The first-order valence-corrected chi connectivity index (χ1v) is 10.1. The van der Waals surface area contributed by atoms with E-state index in [1.165, 1.54) is 29.3 Å². The van der Waals surface area contributed by atoms with Gasteiger partial charge >= 0.3 is 11.9 Å². The van der Waals surface area contributed by atoms with Crippen molar-refractivity contribution < 1.29 is 19.4 Å². The molecule has 0 amide bonds. The molecule has 0 unspecified atom stereocenters. The number of rotatable bonds is 8. The number of hydrogen-bond acceptors (Lipinski definition) is 6. The van der Waals surface area contributed by atoms with Crippen LogP contribution in [0, 0.1) is 5.41 Å². The molecule has 9 heteroatoms. The molecule has 1 fully saturated rings. The summed E-state index contributed by atoms with van der Waals surface area (Å²) in [7, 11) is 0. The number of hydrogen-bond donors (Lipinski definition) is 1. The van der Waals surface area contributed by atoms with Gasteiger partial charge in [-0.3, -0.25) is 4.79 Å². The van der Waals surface area contributed by atoms with Gasteiger partial charge in [0.25, 0.3) is 0 Å².